The molecule has 0 amide bonds. The zero-order chi connectivity index (χ0) is 33.7. The number of hydrogen-bond donors (Lipinski definition) is 0. The van der Waals surface area contributed by atoms with E-state index in [2.05, 4.69) is 142 Å². The highest BCUT2D eigenvalue weighted by Gasteiger charge is 2.56. The summed E-state index contributed by atoms with van der Waals surface area (Å²) in [5.41, 5.74) is 13.8. The minimum atomic E-state index is -0.639. The second kappa shape index (κ2) is 10.7. The quantitative estimate of drug-likeness (QED) is 0.174. The maximum atomic E-state index is 6.48. The Morgan fingerprint density at radius 1 is 0.723 bits per heavy atom. The molecule has 2 unspecified atom stereocenters. The van der Waals surface area contributed by atoms with Gasteiger partial charge in [-0.2, -0.15) is 0 Å². The number of hydrogen-bond acceptors (Lipinski definition) is 3. The molecule has 7 rings (SSSR count). The van der Waals surface area contributed by atoms with Gasteiger partial charge in [0.1, 0.15) is 7.85 Å². The van der Waals surface area contributed by atoms with Crippen LogP contribution in [-0.4, -0.2) is 32.5 Å². The molecule has 0 radical (unpaired) electrons. The van der Waals surface area contributed by atoms with E-state index >= 15 is 0 Å². The van der Waals surface area contributed by atoms with Gasteiger partial charge in [-0.25, -0.2) is 0 Å². The van der Waals surface area contributed by atoms with Crippen molar-refractivity contribution in [3.8, 4) is 22.3 Å². The van der Waals surface area contributed by atoms with E-state index in [1.807, 2.05) is 13.8 Å². The van der Waals surface area contributed by atoms with Gasteiger partial charge in [-0.3, -0.25) is 0 Å². The van der Waals surface area contributed by atoms with E-state index in [1.54, 1.807) is 0 Å². The fourth-order valence-corrected chi connectivity index (χ4v) is 8.42. The highest BCUT2D eigenvalue weighted by atomic mass is 16.8. The molecular weight excluding hydrogens is 574 g/mol. The molecule has 0 saturated carbocycles. The molecule has 3 aliphatic rings. The van der Waals surface area contributed by atoms with Crippen LogP contribution in [-0.2, 0) is 30.2 Å². The lowest BCUT2D eigenvalue weighted by molar-refractivity contribution is -0.0203. The first-order valence-corrected chi connectivity index (χ1v) is 17.5. The van der Waals surface area contributed by atoms with Crippen LogP contribution >= 0.6 is 0 Å². The summed E-state index contributed by atoms with van der Waals surface area (Å²) in [5, 5.41) is 0. The molecular formula is C42H50B2O3. The lowest BCUT2D eigenvalue weighted by Gasteiger charge is -2.39. The van der Waals surface area contributed by atoms with Crippen LogP contribution in [0.5, 0.6) is 0 Å². The molecule has 3 nitrogen and oxygen atoms in total. The second-order valence-electron chi connectivity index (χ2n) is 16.9. The smallest absolute Gasteiger partial charge is 0.384 e. The Morgan fingerprint density at radius 2 is 1.32 bits per heavy atom. The van der Waals surface area contributed by atoms with Crippen LogP contribution in [0.1, 0.15) is 115 Å². The summed E-state index contributed by atoms with van der Waals surface area (Å²) in [6, 6.07) is 30.6. The van der Waals surface area contributed by atoms with E-state index in [9.17, 15) is 0 Å². The minimum absolute atomic E-state index is 0.0337. The molecule has 47 heavy (non-hydrogen) atoms. The van der Waals surface area contributed by atoms with Gasteiger partial charge in [-0.1, -0.05) is 119 Å². The molecule has 1 spiro atoms. The zero-order valence-corrected chi connectivity index (χ0v) is 30.3. The summed E-state index contributed by atoms with van der Waals surface area (Å²) in [5.74, 6) is 0. The fraction of sp³-hybridized carbons (Fsp3) is 0.429. The van der Waals surface area contributed by atoms with Crippen molar-refractivity contribution in [3.05, 3.63) is 112 Å². The van der Waals surface area contributed by atoms with Gasteiger partial charge >= 0.3 is 7.32 Å². The minimum Gasteiger partial charge on any atom is -0.384 e. The van der Waals surface area contributed by atoms with Gasteiger partial charge in [0.15, 0.2) is 0 Å². The summed E-state index contributed by atoms with van der Waals surface area (Å²) in [6.45, 7) is 22.2. The summed E-state index contributed by atoms with van der Waals surface area (Å²) < 4.78 is 18.7. The zero-order valence-electron chi connectivity index (χ0n) is 30.3. The lowest BCUT2D eigenvalue weighted by Crippen LogP contribution is -2.45. The molecule has 1 fully saturated rings. The molecule has 4 aromatic carbocycles. The van der Waals surface area contributed by atoms with Gasteiger partial charge < -0.3 is 14.0 Å². The van der Waals surface area contributed by atoms with Crippen molar-refractivity contribution in [1.29, 1.82) is 0 Å². The Balaban J connectivity index is 1.37. The van der Waals surface area contributed by atoms with Crippen LogP contribution in [0.4, 0.5) is 0 Å². The maximum Gasteiger partial charge on any atom is 0.640 e. The third kappa shape index (κ3) is 4.83. The Morgan fingerprint density at radius 3 is 1.98 bits per heavy atom. The van der Waals surface area contributed by atoms with E-state index in [0.29, 0.717) is 0 Å². The number of benzene rings is 4. The van der Waals surface area contributed by atoms with E-state index < -0.39 is 18.5 Å². The average Bonchev–Trinajstić information content (AvgIpc) is 3.55. The summed E-state index contributed by atoms with van der Waals surface area (Å²) >= 11 is 0. The van der Waals surface area contributed by atoms with Crippen molar-refractivity contribution in [3.63, 3.8) is 0 Å². The van der Waals surface area contributed by atoms with E-state index in [1.165, 1.54) is 61.1 Å². The van der Waals surface area contributed by atoms with E-state index in [-0.39, 0.29) is 22.3 Å². The first-order chi connectivity index (χ1) is 22.0. The third-order valence-corrected chi connectivity index (χ3v) is 11.7. The van der Waals surface area contributed by atoms with Crippen LogP contribution in [0.2, 0.25) is 0 Å². The summed E-state index contributed by atoms with van der Waals surface area (Å²) in [4.78, 5) is 0. The van der Waals surface area contributed by atoms with Crippen molar-refractivity contribution >= 4 is 20.6 Å². The van der Waals surface area contributed by atoms with Crippen molar-refractivity contribution in [2.24, 2.45) is 0 Å². The Labute approximate surface area is 284 Å². The van der Waals surface area contributed by atoms with Crippen LogP contribution in [0, 0.1) is 0 Å². The predicted molar refractivity (Wildman–Crippen MR) is 199 cm³/mol. The largest absolute Gasteiger partial charge is 0.640 e. The van der Waals surface area contributed by atoms with Crippen molar-refractivity contribution in [1.82, 2.24) is 0 Å². The maximum absolute atomic E-state index is 6.48. The molecule has 1 heterocycles. The normalized spacial score (nSPS) is 22.5. The Bertz CT molecular complexity index is 1880. The topological polar surface area (TPSA) is 27.7 Å². The fourth-order valence-electron chi connectivity index (χ4n) is 8.42. The highest BCUT2D eigenvalue weighted by Crippen LogP contribution is 2.63. The number of rotatable bonds is 6. The summed E-state index contributed by atoms with van der Waals surface area (Å²) in [6.07, 6.45) is 1.84. The van der Waals surface area contributed by atoms with E-state index in [0.717, 1.165) is 12.8 Å². The van der Waals surface area contributed by atoms with Gasteiger partial charge in [-0.05, 0) is 114 Å². The molecule has 0 bridgehead atoms. The van der Waals surface area contributed by atoms with E-state index in [4.69, 9.17) is 14.0 Å². The van der Waals surface area contributed by atoms with Gasteiger partial charge in [0, 0.05) is 6.10 Å². The second-order valence-corrected chi connectivity index (χ2v) is 16.9. The molecule has 4 aromatic rings. The predicted octanol–water partition coefficient (Wildman–Crippen LogP) is 8.64. The van der Waals surface area contributed by atoms with Gasteiger partial charge in [0.25, 0.3) is 0 Å². The van der Waals surface area contributed by atoms with Gasteiger partial charge in [-0.15, -0.1) is 0 Å². The van der Waals surface area contributed by atoms with Crippen molar-refractivity contribution in [2.45, 2.75) is 116 Å². The van der Waals surface area contributed by atoms with Crippen LogP contribution in [0.3, 0.4) is 0 Å². The average molecular weight is 624 g/mol. The van der Waals surface area contributed by atoms with Gasteiger partial charge in [0.2, 0.25) is 0 Å². The molecule has 2 atom stereocenters. The number of fused-ring (bicyclic) bond motifs is 10. The first-order valence-electron chi connectivity index (χ1n) is 17.5. The van der Waals surface area contributed by atoms with Crippen LogP contribution in [0.25, 0.3) is 22.3 Å². The third-order valence-electron chi connectivity index (χ3n) is 11.7. The van der Waals surface area contributed by atoms with Gasteiger partial charge in [0.05, 0.1) is 16.6 Å². The highest BCUT2D eigenvalue weighted by molar-refractivity contribution is 6.37. The SMILES string of the molecule is Bc1cccc2c1C1(c3cc(C(C)(C)C)ccc3-c3ccc(C(C)(C)CCC4(C)OB(OC(C)C)OC4(C)C)cc31)c1ccccc1-2. The van der Waals surface area contributed by atoms with Crippen molar-refractivity contribution < 1.29 is 14.0 Å². The molecule has 1 aliphatic heterocycles. The standard InChI is InChI=1S/C42H50B2O3/c1-26(2)45-44-46-40(8,9)41(10,47-44)23-22-39(6,7)28-19-21-31-30-20-18-27(38(3,4)5)24-34(30)42(35(31)25-28)33-16-12-11-14-29(33)32-15-13-17-36(43)37(32)42/h11-21,24-26H,22-23,43H2,1-10H3. The molecule has 1 saturated heterocycles. The Kier molecular flexibility index (Phi) is 7.38. The molecule has 242 valence electrons. The molecule has 5 heteroatoms. The molecule has 2 aliphatic carbocycles. The first kappa shape index (κ1) is 32.4. The Hall–Kier alpha value is -3.11. The molecule has 0 N–H and O–H groups in total. The van der Waals surface area contributed by atoms with Crippen LogP contribution in [0.15, 0.2) is 78.9 Å². The monoisotopic (exact) mass is 624 g/mol. The molecule has 0 aromatic heterocycles. The van der Waals surface area contributed by atoms with Crippen molar-refractivity contribution in [2.75, 3.05) is 0 Å². The lowest BCUT2D eigenvalue weighted by atomic mass is 9.65. The van der Waals surface area contributed by atoms with Crippen LogP contribution < -0.4 is 5.46 Å². The summed E-state index contributed by atoms with van der Waals surface area (Å²) in [7, 11) is 1.66.